The molecule has 1 unspecified atom stereocenters. The number of halogens is 2. The van der Waals surface area contributed by atoms with Gasteiger partial charge in [0.2, 0.25) is 5.91 Å². The zero-order valence-corrected chi connectivity index (χ0v) is 8.59. The van der Waals surface area contributed by atoms with Crippen LogP contribution in [0.2, 0.25) is 0 Å². The van der Waals surface area contributed by atoms with Gasteiger partial charge in [-0.25, -0.2) is 8.78 Å². The minimum Gasteiger partial charge on any atom is -0.383 e. The summed E-state index contributed by atoms with van der Waals surface area (Å²) in [6.45, 7) is 0.481. The molecule has 1 saturated heterocycles. The lowest BCUT2D eigenvalue weighted by Crippen LogP contribution is -2.31. The lowest BCUT2D eigenvalue weighted by atomic mass is 10.2. The Labute approximate surface area is 91.8 Å². The summed E-state index contributed by atoms with van der Waals surface area (Å²) in [6, 6.07) is 3.31. The van der Waals surface area contributed by atoms with Gasteiger partial charge in [-0.15, -0.1) is 0 Å². The molecule has 2 rings (SSSR count). The van der Waals surface area contributed by atoms with E-state index >= 15 is 0 Å². The third kappa shape index (κ3) is 2.68. The molecule has 5 heteroatoms. The molecule has 0 aliphatic carbocycles. The maximum atomic E-state index is 12.8. The van der Waals surface area contributed by atoms with Gasteiger partial charge < -0.3 is 10.6 Å². The monoisotopic (exact) mass is 226 g/mol. The summed E-state index contributed by atoms with van der Waals surface area (Å²) in [7, 11) is 0. The summed E-state index contributed by atoms with van der Waals surface area (Å²) in [4.78, 5) is 10.9. The quantitative estimate of drug-likeness (QED) is 0.822. The molecule has 1 heterocycles. The van der Waals surface area contributed by atoms with Crippen molar-refractivity contribution in [3.05, 3.63) is 29.8 Å². The van der Waals surface area contributed by atoms with Crippen LogP contribution in [0.4, 0.5) is 14.5 Å². The minimum atomic E-state index is -0.613. The molecule has 0 bridgehead atoms. The van der Waals surface area contributed by atoms with Crippen molar-refractivity contribution in [2.24, 2.45) is 0 Å². The number of carbonyl (C=O) groups excluding carboxylic acids is 1. The number of hydrogen-bond donors (Lipinski definition) is 2. The van der Waals surface area contributed by atoms with Crippen molar-refractivity contribution in [2.45, 2.75) is 18.9 Å². The SMILES string of the molecule is O=C1CCC(CNc2cc(F)cc(F)c2)N1. The Kier molecular flexibility index (Phi) is 3.03. The molecule has 1 aromatic rings. The zero-order valence-electron chi connectivity index (χ0n) is 8.59. The van der Waals surface area contributed by atoms with E-state index in [1.165, 1.54) is 12.1 Å². The molecule has 1 amide bonds. The summed E-state index contributed by atoms with van der Waals surface area (Å²) in [5.74, 6) is -1.20. The molecule has 1 aliphatic rings. The largest absolute Gasteiger partial charge is 0.383 e. The van der Waals surface area contributed by atoms with Crippen LogP contribution in [0.3, 0.4) is 0 Å². The minimum absolute atomic E-state index is 0.0252. The van der Waals surface area contributed by atoms with Gasteiger partial charge in [-0.3, -0.25) is 4.79 Å². The Morgan fingerprint density at radius 3 is 2.56 bits per heavy atom. The maximum Gasteiger partial charge on any atom is 0.220 e. The Balaban J connectivity index is 1.91. The van der Waals surface area contributed by atoms with Crippen LogP contribution < -0.4 is 10.6 Å². The Morgan fingerprint density at radius 1 is 1.31 bits per heavy atom. The summed E-state index contributed by atoms with van der Waals surface area (Å²) in [6.07, 6.45) is 1.27. The molecule has 0 radical (unpaired) electrons. The van der Waals surface area contributed by atoms with E-state index in [1.54, 1.807) is 0 Å². The van der Waals surface area contributed by atoms with Gasteiger partial charge in [0.25, 0.3) is 0 Å². The molecule has 0 saturated carbocycles. The van der Waals surface area contributed by atoms with Crippen molar-refractivity contribution in [1.29, 1.82) is 0 Å². The maximum absolute atomic E-state index is 12.8. The van der Waals surface area contributed by atoms with Crippen molar-refractivity contribution < 1.29 is 13.6 Å². The third-order valence-corrected chi connectivity index (χ3v) is 2.50. The van der Waals surface area contributed by atoms with Crippen LogP contribution in [-0.2, 0) is 4.79 Å². The first-order chi connectivity index (χ1) is 7.63. The topological polar surface area (TPSA) is 41.1 Å². The van der Waals surface area contributed by atoms with Crippen LogP contribution in [-0.4, -0.2) is 18.5 Å². The number of carbonyl (C=O) groups is 1. The molecule has 16 heavy (non-hydrogen) atoms. The van der Waals surface area contributed by atoms with Gasteiger partial charge in [0.1, 0.15) is 11.6 Å². The van der Waals surface area contributed by atoms with Crippen LogP contribution in [0.1, 0.15) is 12.8 Å². The first-order valence-corrected chi connectivity index (χ1v) is 5.13. The number of hydrogen-bond acceptors (Lipinski definition) is 2. The van der Waals surface area contributed by atoms with E-state index < -0.39 is 11.6 Å². The van der Waals surface area contributed by atoms with E-state index in [1.807, 2.05) is 0 Å². The van der Waals surface area contributed by atoms with Gasteiger partial charge in [0, 0.05) is 30.8 Å². The molecule has 2 N–H and O–H groups in total. The van der Waals surface area contributed by atoms with Crippen LogP contribution in [0.25, 0.3) is 0 Å². The second-order valence-electron chi connectivity index (χ2n) is 3.84. The highest BCUT2D eigenvalue weighted by atomic mass is 19.1. The average Bonchev–Trinajstić information content (AvgIpc) is 2.60. The summed E-state index contributed by atoms with van der Waals surface area (Å²) < 4.78 is 25.7. The van der Waals surface area contributed by atoms with E-state index in [0.29, 0.717) is 18.7 Å². The molecule has 0 spiro atoms. The van der Waals surface area contributed by atoms with Gasteiger partial charge >= 0.3 is 0 Å². The molecule has 1 aromatic carbocycles. The van der Waals surface area contributed by atoms with Gasteiger partial charge in [0.15, 0.2) is 0 Å². The van der Waals surface area contributed by atoms with Gasteiger partial charge in [0.05, 0.1) is 0 Å². The molecule has 86 valence electrons. The van der Waals surface area contributed by atoms with Gasteiger partial charge in [-0.1, -0.05) is 0 Å². The van der Waals surface area contributed by atoms with Gasteiger partial charge in [-0.2, -0.15) is 0 Å². The number of rotatable bonds is 3. The molecule has 1 fully saturated rings. The standard InChI is InChI=1S/C11H12F2N2O/c12-7-3-8(13)5-10(4-7)14-6-9-1-2-11(16)15-9/h3-5,9,14H,1-2,6H2,(H,15,16). The summed E-state index contributed by atoms with van der Waals surface area (Å²) in [5.41, 5.74) is 0.388. The van der Waals surface area contributed by atoms with Crippen molar-refractivity contribution in [3.63, 3.8) is 0 Å². The third-order valence-electron chi connectivity index (χ3n) is 2.50. The highest BCUT2D eigenvalue weighted by molar-refractivity contribution is 5.78. The lowest BCUT2D eigenvalue weighted by molar-refractivity contribution is -0.119. The van der Waals surface area contributed by atoms with Crippen LogP contribution in [0.5, 0.6) is 0 Å². The fourth-order valence-corrected chi connectivity index (χ4v) is 1.73. The highest BCUT2D eigenvalue weighted by Gasteiger charge is 2.20. The molecular weight excluding hydrogens is 214 g/mol. The van der Waals surface area contributed by atoms with Crippen LogP contribution in [0, 0.1) is 11.6 Å². The summed E-state index contributed by atoms with van der Waals surface area (Å²) >= 11 is 0. The van der Waals surface area contributed by atoms with Crippen molar-refractivity contribution in [1.82, 2.24) is 5.32 Å². The van der Waals surface area contributed by atoms with E-state index in [0.717, 1.165) is 12.5 Å². The summed E-state index contributed by atoms with van der Waals surface area (Å²) in [5, 5.41) is 5.66. The van der Waals surface area contributed by atoms with E-state index in [9.17, 15) is 13.6 Å². The van der Waals surface area contributed by atoms with E-state index in [4.69, 9.17) is 0 Å². The number of amides is 1. The normalized spacial score (nSPS) is 19.6. The molecular formula is C11H12F2N2O. The predicted octanol–water partition coefficient (Wildman–Crippen LogP) is 1.66. The molecule has 3 nitrogen and oxygen atoms in total. The molecule has 1 aliphatic heterocycles. The molecule has 0 aromatic heterocycles. The smallest absolute Gasteiger partial charge is 0.220 e. The predicted molar refractivity (Wildman–Crippen MR) is 56.0 cm³/mol. The Hall–Kier alpha value is -1.65. The fourth-order valence-electron chi connectivity index (χ4n) is 1.73. The Bertz CT molecular complexity index is 389. The van der Waals surface area contributed by atoms with E-state index in [2.05, 4.69) is 10.6 Å². The molecule has 1 atom stereocenters. The Morgan fingerprint density at radius 2 is 2.00 bits per heavy atom. The highest BCUT2D eigenvalue weighted by Crippen LogP contribution is 2.14. The average molecular weight is 226 g/mol. The second kappa shape index (κ2) is 4.47. The van der Waals surface area contributed by atoms with Crippen LogP contribution >= 0.6 is 0 Å². The first-order valence-electron chi connectivity index (χ1n) is 5.13. The first kappa shape index (κ1) is 10.9. The van der Waals surface area contributed by atoms with Crippen molar-refractivity contribution >= 4 is 11.6 Å². The van der Waals surface area contributed by atoms with Crippen LogP contribution in [0.15, 0.2) is 18.2 Å². The van der Waals surface area contributed by atoms with E-state index in [-0.39, 0.29) is 11.9 Å². The van der Waals surface area contributed by atoms with Gasteiger partial charge in [-0.05, 0) is 18.6 Å². The number of nitrogens with one attached hydrogen (secondary N) is 2. The number of benzene rings is 1. The van der Waals surface area contributed by atoms with Crippen molar-refractivity contribution in [3.8, 4) is 0 Å². The zero-order chi connectivity index (χ0) is 11.5. The fraction of sp³-hybridized carbons (Fsp3) is 0.364. The van der Waals surface area contributed by atoms with Crippen molar-refractivity contribution in [2.75, 3.05) is 11.9 Å². The number of anilines is 1. The lowest BCUT2D eigenvalue weighted by Gasteiger charge is -2.12. The second-order valence-corrected chi connectivity index (χ2v) is 3.84.